The second-order valence-electron chi connectivity index (χ2n) is 6.50. The topological polar surface area (TPSA) is 23.5 Å². The van der Waals surface area contributed by atoms with Gasteiger partial charge in [-0.1, -0.05) is 44.4 Å². The number of benzene rings is 1. The van der Waals surface area contributed by atoms with Crippen molar-refractivity contribution in [3.63, 3.8) is 0 Å². The summed E-state index contributed by atoms with van der Waals surface area (Å²) in [5.41, 5.74) is 2.43. The third-order valence-corrected chi connectivity index (χ3v) is 5.26. The van der Waals surface area contributed by atoms with Gasteiger partial charge in [0.1, 0.15) is 0 Å². The lowest BCUT2D eigenvalue weighted by molar-refractivity contribution is 0.168. The van der Waals surface area contributed by atoms with Crippen LogP contribution in [0.2, 0.25) is 0 Å². The Hall–Kier alpha value is -1.02. The second-order valence-corrected chi connectivity index (χ2v) is 6.50. The zero-order valence-electron chi connectivity index (χ0n) is 12.6. The van der Waals surface area contributed by atoms with Gasteiger partial charge in [0, 0.05) is 23.8 Å². The predicted octanol–water partition coefficient (Wildman–Crippen LogP) is 4.29. The van der Waals surface area contributed by atoms with Crippen LogP contribution in [-0.4, -0.2) is 17.7 Å². The third kappa shape index (κ3) is 2.71. The molecule has 2 nitrogen and oxygen atoms in total. The number of hydrogen-bond donors (Lipinski definition) is 1. The SMILES string of the molecule is CCC1CCCC(N2CCCC(O)c3ccccc32)C1. The number of anilines is 1. The van der Waals surface area contributed by atoms with Crippen molar-refractivity contribution in [2.24, 2.45) is 5.92 Å². The Labute approximate surface area is 122 Å². The first kappa shape index (κ1) is 13.9. The summed E-state index contributed by atoms with van der Waals surface area (Å²) in [5.74, 6) is 0.897. The minimum atomic E-state index is -0.276. The molecule has 0 saturated heterocycles. The van der Waals surface area contributed by atoms with E-state index in [1.807, 2.05) is 0 Å². The number of nitrogens with zero attached hydrogens (tertiary/aromatic N) is 1. The van der Waals surface area contributed by atoms with Crippen LogP contribution in [0, 0.1) is 5.92 Å². The molecule has 0 radical (unpaired) electrons. The summed E-state index contributed by atoms with van der Waals surface area (Å²) in [4.78, 5) is 2.60. The molecule has 1 aliphatic heterocycles. The summed E-state index contributed by atoms with van der Waals surface area (Å²) < 4.78 is 0. The van der Waals surface area contributed by atoms with Gasteiger partial charge in [0.25, 0.3) is 0 Å². The first-order chi connectivity index (χ1) is 9.79. The van der Waals surface area contributed by atoms with Crippen molar-refractivity contribution < 1.29 is 5.11 Å². The maximum absolute atomic E-state index is 10.3. The quantitative estimate of drug-likeness (QED) is 0.869. The highest BCUT2D eigenvalue weighted by Gasteiger charge is 2.29. The van der Waals surface area contributed by atoms with E-state index >= 15 is 0 Å². The van der Waals surface area contributed by atoms with E-state index in [0.29, 0.717) is 6.04 Å². The molecule has 1 aliphatic carbocycles. The minimum Gasteiger partial charge on any atom is -0.388 e. The molecular formula is C18H27NO. The molecule has 20 heavy (non-hydrogen) atoms. The highest BCUT2D eigenvalue weighted by Crippen LogP contribution is 2.38. The minimum absolute atomic E-state index is 0.276. The Kier molecular flexibility index (Phi) is 4.30. The Morgan fingerprint density at radius 3 is 2.85 bits per heavy atom. The highest BCUT2D eigenvalue weighted by molar-refractivity contribution is 5.56. The van der Waals surface area contributed by atoms with Crippen molar-refractivity contribution in [1.82, 2.24) is 0 Å². The van der Waals surface area contributed by atoms with Crippen molar-refractivity contribution in [3.05, 3.63) is 29.8 Å². The number of para-hydroxylation sites is 1. The Balaban J connectivity index is 1.87. The first-order valence-corrected chi connectivity index (χ1v) is 8.33. The van der Waals surface area contributed by atoms with Crippen LogP contribution < -0.4 is 4.90 Å². The third-order valence-electron chi connectivity index (χ3n) is 5.26. The summed E-state index contributed by atoms with van der Waals surface area (Å²) >= 11 is 0. The standard InChI is InChI=1S/C18H27NO/c1-2-14-7-5-8-15(13-14)19-12-6-11-18(20)16-9-3-4-10-17(16)19/h3-4,9-10,14-15,18,20H,2,5-8,11-13H2,1H3. The van der Waals surface area contributed by atoms with Gasteiger partial charge in [0.15, 0.2) is 0 Å². The number of hydrogen-bond acceptors (Lipinski definition) is 2. The van der Waals surface area contributed by atoms with Gasteiger partial charge in [-0.25, -0.2) is 0 Å². The normalized spacial score (nSPS) is 30.7. The van der Waals surface area contributed by atoms with Crippen molar-refractivity contribution in [2.75, 3.05) is 11.4 Å². The van der Waals surface area contributed by atoms with E-state index in [1.54, 1.807) is 0 Å². The highest BCUT2D eigenvalue weighted by atomic mass is 16.3. The van der Waals surface area contributed by atoms with Gasteiger partial charge in [0.05, 0.1) is 6.10 Å². The van der Waals surface area contributed by atoms with Crippen LogP contribution in [0.3, 0.4) is 0 Å². The van der Waals surface area contributed by atoms with E-state index in [9.17, 15) is 5.11 Å². The van der Waals surface area contributed by atoms with Crippen molar-refractivity contribution in [3.8, 4) is 0 Å². The van der Waals surface area contributed by atoms with Crippen LogP contribution in [0.25, 0.3) is 0 Å². The Morgan fingerprint density at radius 2 is 2.00 bits per heavy atom. The van der Waals surface area contributed by atoms with Crippen molar-refractivity contribution >= 4 is 5.69 Å². The molecular weight excluding hydrogens is 246 g/mol. The number of rotatable bonds is 2. The molecule has 1 saturated carbocycles. The van der Waals surface area contributed by atoms with E-state index in [-0.39, 0.29) is 6.10 Å². The van der Waals surface area contributed by atoms with E-state index in [4.69, 9.17) is 0 Å². The molecule has 110 valence electrons. The fourth-order valence-corrected chi connectivity index (χ4v) is 4.06. The van der Waals surface area contributed by atoms with Crippen LogP contribution in [0.15, 0.2) is 24.3 Å². The lowest BCUT2D eigenvalue weighted by Gasteiger charge is -2.39. The molecule has 3 rings (SSSR count). The maximum Gasteiger partial charge on any atom is 0.0810 e. The van der Waals surface area contributed by atoms with E-state index < -0.39 is 0 Å². The second kappa shape index (κ2) is 6.17. The van der Waals surface area contributed by atoms with Gasteiger partial charge in [-0.05, 0) is 37.7 Å². The summed E-state index contributed by atoms with van der Waals surface area (Å²) in [6.07, 6.45) is 8.47. The molecule has 3 atom stereocenters. The number of aliphatic hydroxyl groups is 1. The van der Waals surface area contributed by atoms with Gasteiger partial charge < -0.3 is 10.0 Å². The van der Waals surface area contributed by atoms with Crippen molar-refractivity contribution in [2.45, 2.75) is 64.0 Å². The molecule has 1 aromatic carbocycles. The average Bonchev–Trinajstić information content (AvgIpc) is 2.67. The summed E-state index contributed by atoms with van der Waals surface area (Å²) in [6, 6.07) is 9.17. The first-order valence-electron chi connectivity index (χ1n) is 8.33. The van der Waals surface area contributed by atoms with Gasteiger partial charge >= 0.3 is 0 Å². The monoisotopic (exact) mass is 273 g/mol. The molecule has 0 bridgehead atoms. The van der Waals surface area contributed by atoms with Crippen molar-refractivity contribution in [1.29, 1.82) is 0 Å². The zero-order valence-corrected chi connectivity index (χ0v) is 12.6. The van der Waals surface area contributed by atoms with E-state index in [0.717, 1.165) is 30.9 Å². The molecule has 1 heterocycles. The molecule has 2 heteroatoms. The van der Waals surface area contributed by atoms with Gasteiger partial charge in [-0.2, -0.15) is 0 Å². The van der Waals surface area contributed by atoms with Gasteiger partial charge in [0.2, 0.25) is 0 Å². The fraction of sp³-hybridized carbons (Fsp3) is 0.667. The van der Waals surface area contributed by atoms with E-state index in [2.05, 4.69) is 36.1 Å². The maximum atomic E-state index is 10.3. The molecule has 0 spiro atoms. The smallest absolute Gasteiger partial charge is 0.0810 e. The predicted molar refractivity (Wildman–Crippen MR) is 84.0 cm³/mol. The van der Waals surface area contributed by atoms with Gasteiger partial charge in [-0.15, -0.1) is 0 Å². The zero-order chi connectivity index (χ0) is 13.9. The van der Waals surface area contributed by atoms with Crippen LogP contribution >= 0.6 is 0 Å². The van der Waals surface area contributed by atoms with Crippen LogP contribution in [-0.2, 0) is 0 Å². The fourth-order valence-electron chi connectivity index (χ4n) is 4.06. The number of aliphatic hydroxyl groups excluding tert-OH is 1. The van der Waals surface area contributed by atoms with Crippen LogP contribution in [0.4, 0.5) is 5.69 Å². The molecule has 0 aromatic heterocycles. The molecule has 1 fully saturated rings. The van der Waals surface area contributed by atoms with Crippen LogP contribution in [0.5, 0.6) is 0 Å². The lowest BCUT2D eigenvalue weighted by atomic mass is 9.83. The number of fused-ring (bicyclic) bond motifs is 1. The van der Waals surface area contributed by atoms with Gasteiger partial charge in [-0.3, -0.25) is 0 Å². The Bertz CT molecular complexity index is 445. The molecule has 3 unspecified atom stereocenters. The lowest BCUT2D eigenvalue weighted by Crippen LogP contribution is -2.39. The average molecular weight is 273 g/mol. The molecule has 1 aromatic rings. The van der Waals surface area contributed by atoms with E-state index in [1.165, 1.54) is 37.8 Å². The summed E-state index contributed by atoms with van der Waals surface area (Å²) in [6.45, 7) is 3.43. The largest absolute Gasteiger partial charge is 0.388 e. The summed E-state index contributed by atoms with van der Waals surface area (Å²) in [7, 11) is 0. The molecule has 2 aliphatic rings. The van der Waals surface area contributed by atoms with Crippen LogP contribution in [0.1, 0.15) is 63.5 Å². The summed E-state index contributed by atoms with van der Waals surface area (Å²) in [5, 5.41) is 10.3. The molecule has 0 amide bonds. The molecule has 1 N–H and O–H groups in total. The Morgan fingerprint density at radius 1 is 1.15 bits per heavy atom.